The maximum atomic E-state index is 12.7. The number of aryl methyl sites for hydroxylation is 1. The molecule has 126 valence electrons. The zero-order valence-corrected chi connectivity index (χ0v) is 13.9. The van der Waals surface area contributed by atoms with Gasteiger partial charge >= 0.3 is 0 Å². The predicted molar refractivity (Wildman–Crippen MR) is 93.4 cm³/mol. The van der Waals surface area contributed by atoms with Gasteiger partial charge in [-0.3, -0.25) is 4.79 Å². The Morgan fingerprint density at radius 2 is 2.21 bits per heavy atom. The summed E-state index contributed by atoms with van der Waals surface area (Å²) in [5.41, 5.74) is 0.959. The lowest BCUT2D eigenvalue weighted by molar-refractivity contribution is 0.373. The first-order chi connectivity index (χ1) is 11.7. The summed E-state index contributed by atoms with van der Waals surface area (Å²) in [5.74, 6) is 7.18. The van der Waals surface area contributed by atoms with Crippen LogP contribution in [-0.4, -0.2) is 12.2 Å². The van der Waals surface area contributed by atoms with E-state index in [4.69, 9.17) is 9.15 Å². The molecule has 3 rings (SSSR count). The molecular formula is C20H22O4. The van der Waals surface area contributed by atoms with Crippen LogP contribution < -0.4 is 10.2 Å². The summed E-state index contributed by atoms with van der Waals surface area (Å²) in [4.78, 5) is 12.7. The molecule has 4 nitrogen and oxygen atoms in total. The van der Waals surface area contributed by atoms with Crippen molar-refractivity contribution in [1.82, 2.24) is 0 Å². The van der Waals surface area contributed by atoms with Gasteiger partial charge in [-0.1, -0.05) is 18.8 Å². The van der Waals surface area contributed by atoms with E-state index in [1.54, 1.807) is 0 Å². The first-order valence-electron chi connectivity index (χ1n) is 8.49. The van der Waals surface area contributed by atoms with Crippen molar-refractivity contribution in [2.45, 2.75) is 44.9 Å². The van der Waals surface area contributed by atoms with E-state index in [1.165, 1.54) is 44.8 Å². The smallest absolute Gasteiger partial charge is 0.195 e. The normalized spacial score (nSPS) is 17.6. The standard InChI is InChI=1S/C20H22O4/c1-23-19-11-16-18(12-17(19)21)24-13-15(20(16)22)10-9-14-7-5-3-2-4-6-8-14/h11-14,21H,2-5,7,9-10H2,1H3. The molecule has 0 radical (unpaired) electrons. The van der Waals surface area contributed by atoms with Gasteiger partial charge in [0.15, 0.2) is 16.9 Å². The van der Waals surface area contributed by atoms with Gasteiger partial charge in [-0.05, 0) is 31.7 Å². The average molecular weight is 326 g/mol. The van der Waals surface area contributed by atoms with E-state index in [2.05, 4.69) is 11.8 Å². The topological polar surface area (TPSA) is 59.7 Å². The van der Waals surface area contributed by atoms with Gasteiger partial charge in [-0.2, -0.15) is 0 Å². The zero-order chi connectivity index (χ0) is 16.9. The highest BCUT2D eigenvalue weighted by Crippen LogP contribution is 2.30. The van der Waals surface area contributed by atoms with Crippen LogP contribution in [0.1, 0.15) is 44.1 Å². The lowest BCUT2D eigenvalue weighted by Crippen LogP contribution is -2.11. The molecule has 0 amide bonds. The number of fused-ring (bicyclic) bond motifs is 1. The fourth-order valence-corrected chi connectivity index (χ4v) is 3.14. The van der Waals surface area contributed by atoms with Gasteiger partial charge in [0.1, 0.15) is 5.58 Å². The van der Waals surface area contributed by atoms with Crippen molar-refractivity contribution >= 4 is 11.0 Å². The highest BCUT2D eigenvalue weighted by atomic mass is 16.5. The summed E-state index contributed by atoms with van der Waals surface area (Å²) in [6.07, 6.45) is 8.77. The third-order valence-corrected chi connectivity index (χ3v) is 4.57. The van der Waals surface area contributed by atoms with Crippen LogP contribution in [0.2, 0.25) is 0 Å². The third-order valence-electron chi connectivity index (χ3n) is 4.57. The minimum Gasteiger partial charge on any atom is -0.504 e. The number of hydrogen-bond donors (Lipinski definition) is 1. The number of ether oxygens (including phenoxy) is 1. The Morgan fingerprint density at radius 1 is 1.33 bits per heavy atom. The van der Waals surface area contributed by atoms with Crippen LogP contribution >= 0.6 is 0 Å². The van der Waals surface area contributed by atoms with Gasteiger partial charge in [0.05, 0.1) is 18.8 Å². The Balaban J connectivity index is 1.83. The Bertz CT molecular complexity index is 838. The minimum atomic E-state index is -0.0617. The molecule has 1 aliphatic carbocycles. The lowest BCUT2D eigenvalue weighted by Gasteiger charge is -2.12. The van der Waals surface area contributed by atoms with Crippen LogP contribution in [0.3, 0.4) is 0 Å². The molecule has 0 saturated carbocycles. The molecule has 0 fully saturated rings. The molecule has 1 aliphatic rings. The maximum Gasteiger partial charge on any atom is 0.195 e. The summed E-state index contributed by atoms with van der Waals surface area (Å²) in [6.45, 7) is 0. The summed E-state index contributed by atoms with van der Waals surface area (Å²) in [6, 6.07) is 2.95. The highest BCUT2D eigenvalue weighted by molar-refractivity contribution is 5.81. The number of benzene rings is 1. The van der Waals surface area contributed by atoms with Gasteiger partial charge in [0.2, 0.25) is 0 Å². The first kappa shape index (κ1) is 16.4. The van der Waals surface area contributed by atoms with E-state index in [-0.39, 0.29) is 16.9 Å². The number of methoxy groups -OCH3 is 1. The fraction of sp³-hybridized carbons (Fsp3) is 0.450. The van der Waals surface area contributed by atoms with Gasteiger partial charge in [0.25, 0.3) is 0 Å². The number of phenols is 1. The molecule has 4 heteroatoms. The van der Waals surface area contributed by atoms with Crippen LogP contribution in [0, 0.1) is 17.8 Å². The zero-order valence-electron chi connectivity index (χ0n) is 13.9. The SMILES string of the molecule is COc1cc2c(=O)c(CCC3C#CCCCCC3)coc2cc1O. The summed E-state index contributed by atoms with van der Waals surface area (Å²) in [7, 11) is 1.46. The van der Waals surface area contributed by atoms with Crippen molar-refractivity contribution in [2.75, 3.05) is 7.11 Å². The quantitative estimate of drug-likeness (QED) is 0.862. The fourth-order valence-electron chi connectivity index (χ4n) is 3.14. The molecule has 1 aromatic carbocycles. The van der Waals surface area contributed by atoms with Crippen molar-refractivity contribution in [3.05, 3.63) is 34.2 Å². The summed E-state index contributed by atoms with van der Waals surface area (Å²) in [5, 5.41) is 10.2. The van der Waals surface area contributed by atoms with Crippen LogP contribution in [0.4, 0.5) is 0 Å². The Kier molecular flexibility index (Phi) is 5.10. The Labute approximate surface area is 141 Å². The molecule has 1 aromatic heterocycles. The second-order valence-electron chi connectivity index (χ2n) is 6.27. The van der Waals surface area contributed by atoms with Crippen molar-refractivity contribution in [3.63, 3.8) is 0 Å². The second-order valence-corrected chi connectivity index (χ2v) is 6.27. The molecule has 1 atom stereocenters. The third kappa shape index (κ3) is 3.56. The molecule has 0 bridgehead atoms. The number of phenolic OH excluding ortho intramolecular Hbond substituents is 1. The van der Waals surface area contributed by atoms with E-state index in [0.29, 0.717) is 28.9 Å². The molecule has 1 N–H and O–H groups in total. The number of rotatable bonds is 4. The van der Waals surface area contributed by atoms with Gasteiger partial charge < -0.3 is 14.3 Å². The molecule has 24 heavy (non-hydrogen) atoms. The predicted octanol–water partition coefficient (Wildman–Crippen LogP) is 4.02. The average Bonchev–Trinajstić information content (AvgIpc) is 2.55. The van der Waals surface area contributed by atoms with Gasteiger partial charge in [0, 0.05) is 24.0 Å². The first-order valence-corrected chi connectivity index (χ1v) is 8.49. The highest BCUT2D eigenvalue weighted by Gasteiger charge is 2.14. The lowest BCUT2D eigenvalue weighted by atomic mass is 9.93. The van der Waals surface area contributed by atoms with Crippen molar-refractivity contribution < 1.29 is 14.3 Å². The number of aromatic hydroxyl groups is 1. The van der Waals surface area contributed by atoms with E-state index < -0.39 is 0 Å². The van der Waals surface area contributed by atoms with E-state index in [0.717, 1.165) is 19.3 Å². The number of hydrogen-bond acceptors (Lipinski definition) is 4. The second kappa shape index (κ2) is 7.44. The summed E-state index contributed by atoms with van der Waals surface area (Å²) >= 11 is 0. The van der Waals surface area contributed by atoms with Crippen molar-refractivity contribution in [3.8, 4) is 23.3 Å². The molecule has 1 heterocycles. The van der Waals surface area contributed by atoms with Gasteiger partial charge in [-0.15, -0.1) is 5.92 Å². The van der Waals surface area contributed by atoms with E-state index in [1.807, 2.05) is 0 Å². The minimum absolute atomic E-state index is 0.0364. The molecule has 0 saturated heterocycles. The molecule has 2 aromatic rings. The maximum absolute atomic E-state index is 12.7. The van der Waals surface area contributed by atoms with Crippen LogP contribution in [0.15, 0.2) is 27.6 Å². The molecule has 0 spiro atoms. The van der Waals surface area contributed by atoms with Crippen molar-refractivity contribution in [2.24, 2.45) is 5.92 Å². The van der Waals surface area contributed by atoms with Gasteiger partial charge in [-0.25, -0.2) is 0 Å². The monoisotopic (exact) mass is 326 g/mol. The Morgan fingerprint density at radius 3 is 3.04 bits per heavy atom. The van der Waals surface area contributed by atoms with E-state index >= 15 is 0 Å². The molecule has 1 unspecified atom stereocenters. The van der Waals surface area contributed by atoms with E-state index in [9.17, 15) is 9.90 Å². The largest absolute Gasteiger partial charge is 0.504 e. The molecule has 0 aliphatic heterocycles. The van der Waals surface area contributed by atoms with Crippen molar-refractivity contribution in [1.29, 1.82) is 0 Å². The van der Waals surface area contributed by atoms with Crippen LogP contribution in [0.5, 0.6) is 11.5 Å². The summed E-state index contributed by atoms with van der Waals surface area (Å²) < 4.78 is 10.6. The Hall–Kier alpha value is -2.41. The van der Waals surface area contributed by atoms with Crippen LogP contribution in [-0.2, 0) is 6.42 Å². The van der Waals surface area contributed by atoms with Crippen LogP contribution in [0.25, 0.3) is 11.0 Å². The molecular weight excluding hydrogens is 304 g/mol.